The number of nitrogens with one attached hydrogen (secondary N) is 1. The summed E-state index contributed by atoms with van der Waals surface area (Å²) in [5.74, 6) is 1.64. The highest BCUT2D eigenvalue weighted by Gasteiger charge is 2.39. The zero-order chi connectivity index (χ0) is 13.3. The van der Waals surface area contributed by atoms with Gasteiger partial charge in [-0.1, -0.05) is 6.42 Å². The number of ether oxygens (including phenoxy) is 2. The van der Waals surface area contributed by atoms with Crippen LogP contribution in [-0.2, 0) is 6.42 Å². The predicted octanol–water partition coefficient (Wildman–Crippen LogP) is -1.53. The molecule has 1 heterocycles. The van der Waals surface area contributed by atoms with Gasteiger partial charge in [-0.3, -0.25) is 0 Å². The molecule has 110 valence electrons. The average Bonchev–Trinajstić information content (AvgIpc) is 2.46. The summed E-state index contributed by atoms with van der Waals surface area (Å²) in [6, 6.07) is 4.21. The molecule has 3 nitrogen and oxygen atoms in total. The van der Waals surface area contributed by atoms with E-state index in [1.54, 1.807) is 14.2 Å². The van der Waals surface area contributed by atoms with E-state index >= 15 is 0 Å². The highest BCUT2D eigenvalue weighted by Crippen LogP contribution is 2.35. The Kier molecular flexibility index (Phi) is 4.59. The van der Waals surface area contributed by atoms with Crippen LogP contribution in [0, 0.1) is 0 Å². The second-order valence-corrected chi connectivity index (χ2v) is 5.71. The Balaban J connectivity index is 0.00000147. The smallest absolute Gasteiger partial charge is 0.169 e. The lowest BCUT2D eigenvalue weighted by atomic mass is 9.76. The lowest BCUT2D eigenvalue weighted by Gasteiger charge is -2.31. The Morgan fingerprint density at radius 1 is 1.00 bits per heavy atom. The second-order valence-electron chi connectivity index (χ2n) is 5.71. The lowest BCUT2D eigenvalue weighted by Crippen LogP contribution is -3.00. The van der Waals surface area contributed by atoms with Gasteiger partial charge in [-0.2, -0.15) is 0 Å². The molecule has 20 heavy (non-hydrogen) atoms. The molecule has 1 spiro atoms. The molecule has 2 aliphatic rings. The Morgan fingerprint density at radius 2 is 1.65 bits per heavy atom. The van der Waals surface area contributed by atoms with Crippen LogP contribution in [0.25, 0.3) is 0 Å². The van der Waals surface area contributed by atoms with Crippen molar-refractivity contribution in [1.82, 2.24) is 0 Å². The van der Waals surface area contributed by atoms with Gasteiger partial charge in [0.15, 0.2) is 23.3 Å². The van der Waals surface area contributed by atoms with Gasteiger partial charge < -0.3 is 21.9 Å². The molecule has 1 saturated carbocycles. The van der Waals surface area contributed by atoms with E-state index in [0.29, 0.717) is 0 Å². The van der Waals surface area contributed by atoms with Crippen molar-refractivity contribution in [3.63, 3.8) is 0 Å². The van der Waals surface area contributed by atoms with Gasteiger partial charge in [-0.25, -0.2) is 4.99 Å². The lowest BCUT2D eigenvalue weighted by molar-refractivity contribution is -0.557. The van der Waals surface area contributed by atoms with Gasteiger partial charge >= 0.3 is 0 Å². The fraction of sp³-hybridized carbons (Fsp3) is 0.562. The SMILES string of the molecule is COc1cc2c(cc1OC)CC1(CCCCC1)[NH+]=C2.[Cl-]. The molecule has 1 aliphatic heterocycles. The van der Waals surface area contributed by atoms with Crippen LogP contribution in [0.5, 0.6) is 11.5 Å². The van der Waals surface area contributed by atoms with Crippen molar-refractivity contribution in [3.05, 3.63) is 23.3 Å². The van der Waals surface area contributed by atoms with E-state index in [0.717, 1.165) is 17.9 Å². The molecule has 1 aromatic carbocycles. The zero-order valence-corrected chi connectivity index (χ0v) is 12.9. The van der Waals surface area contributed by atoms with E-state index in [2.05, 4.69) is 23.3 Å². The minimum absolute atomic E-state index is 0. The standard InChI is InChI=1S/C16H21NO2.ClH/c1-18-14-8-12-10-16(6-4-3-5-7-16)17-11-13(12)9-15(14)19-2;/h8-9,11H,3-7,10H2,1-2H3;1H. The number of fused-ring (bicyclic) bond motifs is 1. The van der Waals surface area contributed by atoms with E-state index in [1.807, 2.05) is 0 Å². The Hall–Kier alpha value is -1.22. The minimum atomic E-state index is 0. The van der Waals surface area contributed by atoms with Crippen LogP contribution in [0.4, 0.5) is 0 Å². The summed E-state index contributed by atoms with van der Waals surface area (Å²) in [7, 11) is 3.38. The average molecular weight is 296 g/mol. The Labute approximate surface area is 126 Å². The molecule has 0 radical (unpaired) electrons. The van der Waals surface area contributed by atoms with Crippen LogP contribution in [0.1, 0.15) is 43.2 Å². The number of hydrogen-bond acceptors (Lipinski definition) is 2. The van der Waals surface area contributed by atoms with Crippen LogP contribution in [0.3, 0.4) is 0 Å². The largest absolute Gasteiger partial charge is 1.00 e. The minimum Gasteiger partial charge on any atom is -1.00 e. The first kappa shape index (κ1) is 15.2. The number of hydrogen-bond donors (Lipinski definition) is 1. The van der Waals surface area contributed by atoms with Gasteiger partial charge in [0.2, 0.25) is 0 Å². The van der Waals surface area contributed by atoms with Crippen molar-refractivity contribution in [2.24, 2.45) is 0 Å². The van der Waals surface area contributed by atoms with Gasteiger partial charge in [0.05, 0.1) is 14.2 Å². The maximum absolute atomic E-state index is 5.42. The summed E-state index contributed by atoms with van der Waals surface area (Å²) < 4.78 is 10.8. The van der Waals surface area contributed by atoms with E-state index in [4.69, 9.17) is 9.47 Å². The van der Waals surface area contributed by atoms with Crippen LogP contribution in [-0.4, -0.2) is 26.0 Å². The maximum atomic E-state index is 5.42. The first-order valence-corrected chi connectivity index (χ1v) is 7.12. The summed E-state index contributed by atoms with van der Waals surface area (Å²) in [4.78, 5) is 3.66. The maximum Gasteiger partial charge on any atom is 0.169 e. The molecule has 0 amide bonds. The molecule has 0 atom stereocenters. The molecule has 4 heteroatoms. The van der Waals surface area contributed by atoms with Crippen LogP contribution in [0.2, 0.25) is 0 Å². The van der Waals surface area contributed by atoms with Gasteiger partial charge in [0, 0.05) is 24.8 Å². The molecule has 1 N–H and O–H groups in total. The normalized spacial score (nSPS) is 19.1. The zero-order valence-electron chi connectivity index (χ0n) is 12.2. The van der Waals surface area contributed by atoms with Crippen LogP contribution in [0.15, 0.2) is 12.1 Å². The predicted molar refractivity (Wildman–Crippen MR) is 75.2 cm³/mol. The summed E-state index contributed by atoms with van der Waals surface area (Å²) in [6.07, 6.45) is 9.86. The van der Waals surface area contributed by atoms with E-state index < -0.39 is 0 Å². The molecule has 1 aliphatic carbocycles. The number of benzene rings is 1. The van der Waals surface area contributed by atoms with Crippen molar-refractivity contribution in [1.29, 1.82) is 0 Å². The third-order valence-corrected chi connectivity index (χ3v) is 4.52. The van der Waals surface area contributed by atoms with Gasteiger partial charge in [0.25, 0.3) is 0 Å². The fourth-order valence-electron chi connectivity index (χ4n) is 3.42. The van der Waals surface area contributed by atoms with E-state index in [9.17, 15) is 0 Å². The highest BCUT2D eigenvalue weighted by atomic mass is 35.5. The molecule has 0 aromatic heterocycles. The Morgan fingerprint density at radius 3 is 2.30 bits per heavy atom. The third-order valence-electron chi connectivity index (χ3n) is 4.52. The van der Waals surface area contributed by atoms with Crippen molar-refractivity contribution in [2.75, 3.05) is 14.2 Å². The highest BCUT2D eigenvalue weighted by molar-refractivity contribution is 5.80. The van der Waals surface area contributed by atoms with Gasteiger partial charge in [0.1, 0.15) is 0 Å². The molecule has 1 fully saturated rings. The topological polar surface area (TPSA) is 32.4 Å². The van der Waals surface area contributed by atoms with Crippen LogP contribution < -0.4 is 26.9 Å². The van der Waals surface area contributed by atoms with Gasteiger partial charge in [-0.15, -0.1) is 0 Å². The van der Waals surface area contributed by atoms with E-state index in [-0.39, 0.29) is 17.9 Å². The second kappa shape index (κ2) is 6.04. The number of halogens is 1. The van der Waals surface area contributed by atoms with Crippen LogP contribution >= 0.6 is 0 Å². The monoisotopic (exact) mass is 295 g/mol. The number of rotatable bonds is 2. The summed E-state index contributed by atoms with van der Waals surface area (Å²) in [5, 5.41) is 0. The quantitative estimate of drug-likeness (QED) is 0.718. The van der Waals surface area contributed by atoms with E-state index in [1.165, 1.54) is 43.2 Å². The molecule has 3 rings (SSSR count). The summed E-state index contributed by atoms with van der Waals surface area (Å²) >= 11 is 0. The first-order valence-electron chi connectivity index (χ1n) is 7.12. The third kappa shape index (κ3) is 2.64. The van der Waals surface area contributed by atoms with Crippen molar-refractivity contribution < 1.29 is 26.9 Å². The fourth-order valence-corrected chi connectivity index (χ4v) is 3.42. The first-order chi connectivity index (χ1) is 9.26. The van der Waals surface area contributed by atoms with Crippen molar-refractivity contribution >= 4 is 6.21 Å². The number of methoxy groups -OCH3 is 2. The van der Waals surface area contributed by atoms with Crippen molar-refractivity contribution in [2.45, 2.75) is 44.1 Å². The van der Waals surface area contributed by atoms with Crippen molar-refractivity contribution in [3.8, 4) is 11.5 Å². The van der Waals surface area contributed by atoms with Gasteiger partial charge in [-0.05, 0) is 30.5 Å². The summed E-state index contributed by atoms with van der Waals surface area (Å²) in [5.41, 5.74) is 2.89. The Bertz CT molecular complexity index is 507. The molecule has 0 bridgehead atoms. The molecule has 0 unspecified atom stereocenters. The molecular formula is C16H22ClNO2. The summed E-state index contributed by atoms with van der Waals surface area (Å²) in [6.45, 7) is 0. The molecule has 1 aromatic rings. The molecular weight excluding hydrogens is 274 g/mol. The molecule has 0 saturated heterocycles.